The van der Waals surface area contributed by atoms with Gasteiger partial charge in [0.1, 0.15) is 0 Å². The third kappa shape index (κ3) is 3.20. The van der Waals surface area contributed by atoms with E-state index in [2.05, 4.69) is 4.90 Å². The van der Waals surface area contributed by atoms with Crippen molar-refractivity contribution < 1.29 is 12.6 Å². The van der Waals surface area contributed by atoms with Crippen molar-refractivity contribution in [2.24, 2.45) is 0 Å². The first kappa shape index (κ1) is 11.9. The topological polar surface area (TPSA) is 49.9 Å². The van der Waals surface area contributed by atoms with Crippen LogP contribution in [0, 0.1) is 0 Å². The molecule has 0 aromatic rings. The predicted molar refractivity (Wildman–Crippen MR) is 54.2 cm³/mol. The van der Waals surface area contributed by atoms with E-state index in [0.717, 1.165) is 13.1 Å². The van der Waals surface area contributed by atoms with E-state index in [1.807, 2.05) is 7.05 Å². The number of hydrogen-bond donors (Lipinski definition) is 0. The number of likely N-dealkylation sites (N-methyl/N-ethyl adjacent to an activating group) is 1. The molecule has 0 atom stereocenters. The summed E-state index contributed by atoms with van der Waals surface area (Å²) in [6.45, 7) is 6.00. The monoisotopic (exact) mass is 222 g/mol. The molecule has 0 saturated carbocycles. The molecule has 0 spiro atoms. The highest BCUT2D eigenvalue weighted by Crippen LogP contribution is 2.09. The van der Waals surface area contributed by atoms with Gasteiger partial charge in [0.15, 0.2) is 0 Å². The molecule has 5 nitrogen and oxygen atoms in total. The molecule has 1 saturated heterocycles. The van der Waals surface area contributed by atoms with Crippen molar-refractivity contribution in [2.75, 3.05) is 33.2 Å². The summed E-state index contributed by atoms with van der Waals surface area (Å²) < 4.78 is 29.5. The minimum absolute atomic E-state index is 0.292. The lowest BCUT2D eigenvalue weighted by Crippen LogP contribution is -2.47. The number of nitrogens with zero attached hydrogens (tertiary/aromatic N) is 2. The Morgan fingerprint density at radius 2 is 1.64 bits per heavy atom. The summed E-state index contributed by atoms with van der Waals surface area (Å²) in [5.41, 5.74) is 0. The predicted octanol–water partition coefficient (Wildman–Crippen LogP) is -0.0964. The van der Waals surface area contributed by atoms with E-state index in [-0.39, 0.29) is 6.10 Å². The highest BCUT2D eigenvalue weighted by molar-refractivity contribution is 7.84. The molecule has 0 aliphatic carbocycles. The van der Waals surface area contributed by atoms with Gasteiger partial charge in [-0.3, -0.25) is 4.18 Å². The molecule has 84 valence electrons. The van der Waals surface area contributed by atoms with Crippen molar-refractivity contribution >= 4 is 10.3 Å². The SMILES string of the molecule is CC(C)OS(=O)(=O)N1CCN(C)CC1. The Morgan fingerprint density at radius 1 is 1.14 bits per heavy atom. The first-order valence-electron chi connectivity index (χ1n) is 4.79. The van der Waals surface area contributed by atoms with Crippen molar-refractivity contribution in [1.82, 2.24) is 9.21 Å². The van der Waals surface area contributed by atoms with Gasteiger partial charge >= 0.3 is 10.3 Å². The third-order valence-electron chi connectivity index (χ3n) is 2.09. The van der Waals surface area contributed by atoms with E-state index in [0.29, 0.717) is 13.1 Å². The molecular formula is C8H18N2O3S. The van der Waals surface area contributed by atoms with Crippen LogP contribution in [0.3, 0.4) is 0 Å². The van der Waals surface area contributed by atoms with Crippen LogP contribution in [-0.4, -0.2) is 57.0 Å². The van der Waals surface area contributed by atoms with Gasteiger partial charge in [0.25, 0.3) is 0 Å². The molecule has 6 heteroatoms. The Morgan fingerprint density at radius 3 is 2.07 bits per heavy atom. The summed E-state index contributed by atoms with van der Waals surface area (Å²) in [6, 6.07) is 0. The van der Waals surface area contributed by atoms with Crippen LogP contribution >= 0.6 is 0 Å². The smallest absolute Gasteiger partial charge is 0.304 e. The standard InChI is InChI=1S/C8H18N2O3S/c1-8(2)13-14(11,12)10-6-4-9(3)5-7-10/h8H,4-7H2,1-3H3. The second kappa shape index (κ2) is 4.57. The summed E-state index contributed by atoms with van der Waals surface area (Å²) in [5, 5.41) is 0. The van der Waals surface area contributed by atoms with Crippen LogP contribution in [0.2, 0.25) is 0 Å². The average molecular weight is 222 g/mol. The van der Waals surface area contributed by atoms with E-state index in [1.54, 1.807) is 13.8 Å². The number of rotatable bonds is 3. The van der Waals surface area contributed by atoms with E-state index in [4.69, 9.17) is 4.18 Å². The maximum Gasteiger partial charge on any atom is 0.338 e. The summed E-state index contributed by atoms with van der Waals surface area (Å²) in [5.74, 6) is 0. The maximum absolute atomic E-state index is 11.6. The van der Waals surface area contributed by atoms with Crippen LogP contribution < -0.4 is 0 Å². The minimum atomic E-state index is -3.50. The van der Waals surface area contributed by atoms with Gasteiger partial charge in [-0.2, -0.15) is 12.7 Å². The zero-order chi connectivity index (χ0) is 10.8. The molecule has 1 rings (SSSR count). The summed E-state index contributed by atoms with van der Waals surface area (Å²) in [7, 11) is -1.52. The quantitative estimate of drug-likeness (QED) is 0.669. The first-order valence-corrected chi connectivity index (χ1v) is 6.15. The first-order chi connectivity index (χ1) is 6.42. The van der Waals surface area contributed by atoms with Crippen LogP contribution in [0.1, 0.15) is 13.8 Å². The highest BCUT2D eigenvalue weighted by atomic mass is 32.2. The van der Waals surface area contributed by atoms with Crippen molar-refractivity contribution in [3.8, 4) is 0 Å². The molecule has 0 unspecified atom stereocenters. The summed E-state index contributed by atoms with van der Waals surface area (Å²) in [4.78, 5) is 2.10. The van der Waals surface area contributed by atoms with Gasteiger partial charge < -0.3 is 4.90 Å². The molecule has 1 aliphatic heterocycles. The van der Waals surface area contributed by atoms with Gasteiger partial charge in [-0.1, -0.05) is 0 Å². The molecule has 0 bridgehead atoms. The molecular weight excluding hydrogens is 204 g/mol. The van der Waals surface area contributed by atoms with Crippen LogP contribution in [0.15, 0.2) is 0 Å². The van der Waals surface area contributed by atoms with E-state index >= 15 is 0 Å². The fraction of sp³-hybridized carbons (Fsp3) is 1.00. The number of hydrogen-bond acceptors (Lipinski definition) is 4. The van der Waals surface area contributed by atoms with Gasteiger partial charge in [-0.25, -0.2) is 0 Å². The zero-order valence-electron chi connectivity index (χ0n) is 8.93. The van der Waals surface area contributed by atoms with E-state index < -0.39 is 10.3 Å². The average Bonchev–Trinajstić information content (AvgIpc) is 2.02. The highest BCUT2D eigenvalue weighted by Gasteiger charge is 2.27. The summed E-state index contributed by atoms with van der Waals surface area (Å²) >= 11 is 0. The van der Waals surface area contributed by atoms with Gasteiger partial charge in [-0.05, 0) is 20.9 Å². The fourth-order valence-electron chi connectivity index (χ4n) is 1.32. The van der Waals surface area contributed by atoms with Gasteiger partial charge in [0.05, 0.1) is 6.10 Å². The minimum Gasteiger partial charge on any atom is -0.304 e. The Hall–Kier alpha value is -0.170. The zero-order valence-corrected chi connectivity index (χ0v) is 9.75. The summed E-state index contributed by atoms with van der Waals surface area (Å²) in [6.07, 6.45) is -0.292. The second-order valence-electron chi connectivity index (χ2n) is 3.81. The third-order valence-corrected chi connectivity index (χ3v) is 3.72. The fourth-order valence-corrected chi connectivity index (χ4v) is 2.53. The Labute approximate surface area is 85.9 Å². The normalized spacial score (nSPS) is 21.7. The molecule has 0 N–H and O–H groups in total. The van der Waals surface area contributed by atoms with Gasteiger partial charge in [0.2, 0.25) is 0 Å². The van der Waals surface area contributed by atoms with E-state index in [1.165, 1.54) is 4.31 Å². The van der Waals surface area contributed by atoms with E-state index in [9.17, 15) is 8.42 Å². The molecule has 14 heavy (non-hydrogen) atoms. The van der Waals surface area contributed by atoms with Crippen molar-refractivity contribution in [1.29, 1.82) is 0 Å². The molecule has 0 amide bonds. The van der Waals surface area contributed by atoms with Crippen molar-refractivity contribution in [3.05, 3.63) is 0 Å². The van der Waals surface area contributed by atoms with Crippen LogP contribution in [0.4, 0.5) is 0 Å². The Bertz CT molecular complexity index is 268. The lowest BCUT2D eigenvalue weighted by molar-refractivity contribution is 0.175. The molecule has 0 aromatic carbocycles. The Kier molecular flexibility index (Phi) is 3.88. The van der Waals surface area contributed by atoms with Crippen molar-refractivity contribution in [2.45, 2.75) is 20.0 Å². The maximum atomic E-state index is 11.6. The van der Waals surface area contributed by atoms with Crippen LogP contribution in [-0.2, 0) is 14.5 Å². The molecule has 0 radical (unpaired) electrons. The van der Waals surface area contributed by atoms with Crippen LogP contribution in [0.5, 0.6) is 0 Å². The van der Waals surface area contributed by atoms with Crippen LogP contribution in [0.25, 0.3) is 0 Å². The molecule has 1 fully saturated rings. The lowest BCUT2D eigenvalue weighted by Gasteiger charge is -2.31. The van der Waals surface area contributed by atoms with Crippen molar-refractivity contribution in [3.63, 3.8) is 0 Å². The molecule has 1 heterocycles. The largest absolute Gasteiger partial charge is 0.338 e. The van der Waals surface area contributed by atoms with Gasteiger partial charge in [-0.15, -0.1) is 0 Å². The molecule has 1 aliphatic rings. The second-order valence-corrected chi connectivity index (χ2v) is 5.37. The van der Waals surface area contributed by atoms with Gasteiger partial charge in [0, 0.05) is 26.2 Å². The molecule has 0 aromatic heterocycles. The Balaban J connectivity index is 2.56. The number of piperazine rings is 1. The lowest BCUT2D eigenvalue weighted by atomic mass is 10.4.